The first-order chi connectivity index (χ1) is 17.3. The number of carbonyl (C=O) groups is 3. The quantitative estimate of drug-likeness (QED) is 0.136. The van der Waals surface area contributed by atoms with E-state index in [0.717, 1.165) is 38.5 Å². The van der Waals surface area contributed by atoms with Gasteiger partial charge >= 0.3 is 5.97 Å². The zero-order valence-corrected chi connectivity index (χ0v) is 24.0. The van der Waals surface area contributed by atoms with E-state index in [2.05, 4.69) is 42.9 Å². The number of rotatable bonds is 15. The van der Waals surface area contributed by atoms with Crippen LogP contribution in [0.4, 0.5) is 0 Å². The highest BCUT2D eigenvalue weighted by atomic mass is 79.9. The van der Waals surface area contributed by atoms with Crippen molar-refractivity contribution in [3.05, 3.63) is 25.3 Å². The lowest BCUT2D eigenvalue weighted by Gasteiger charge is -2.39. The van der Waals surface area contributed by atoms with E-state index in [0.29, 0.717) is 19.5 Å². The Bertz CT molecular complexity index is 841. The fraction of sp³-hybridized carbons (Fsp3) is 0.741. The minimum atomic E-state index is -0.665. The van der Waals surface area contributed by atoms with Gasteiger partial charge in [0.05, 0.1) is 16.6 Å². The van der Waals surface area contributed by atoms with Gasteiger partial charge in [0, 0.05) is 35.8 Å². The van der Waals surface area contributed by atoms with E-state index in [1.165, 1.54) is 6.08 Å². The van der Waals surface area contributed by atoms with Crippen molar-refractivity contribution in [2.24, 2.45) is 11.8 Å². The molecular formula is C27H41BrN2O5S. The first-order valence-electron chi connectivity index (χ1n) is 13.2. The number of hydrogen-bond acceptors (Lipinski definition) is 6. The monoisotopic (exact) mass is 584 g/mol. The molecule has 3 saturated heterocycles. The van der Waals surface area contributed by atoms with Crippen molar-refractivity contribution in [1.29, 1.82) is 0 Å². The lowest BCUT2D eigenvalue weighted by molar-refractivity contribution is -0.153. The molecule has 0 aromatic heterocycles. The van der Waals surface area contributed by atoms with Crippen LogP contribution in [0.2, 0.25) is 0 Å². The van der Waals surface area contributed by atoms with Gasteiger partial charge in [-0.05, 0) is 32.6 Å². The van der Waals surface area contributed by atoms with E-state index in [4.69, 9.17) is 9.84 Å². The number of esters is 1. The smallest absolute Gasteiger partial charge is 0.311 e. The van der Waals surface area contributed by atoms with Gasteiger partial charge < -0.3 is 19.6 Å². The molecule has 3 heterocycles. The average molecular weight is 586 g/mol. The van der Waals surface area contributed by atoms with E-state index >= 15 is 0 Å². The van der Waals surface area contributed by atoms with Crippen LogP contribution in [0.1, 0.15) is 58.8 Å². The second-order valence-electron chi connectivity index (χ2n) is 10.2. The molecule has 0 aromatic rings. The fourth-order valence-electron chi connectivity index (χ4n) is 6.26. The number of fused-ring (bicyclic) bond motifs is 1. The van der Waals surface area contributed by atoms with Crippen molar-refractivity contribution in [1.82, 2.24) is 9.80 Å². The normalized spacial score (nSPS) is 31.3. The van der Waals surface area contributed by atoms with Crippen LogP contribution in [0.25, 0.3) is 0 Å². The summed E-state index contributed by atoms with van der Waals surface area (Å²) in [4.78, 5) is 45.1. The van der Waals surface area contributed by atoms with E-state index in [1.54, 1.807) is 22.7 Å². The Labute approximate surface area is 228 Å². The van der Waals surface area contributed by atoms with E-state index in [9.17, 15) is 14.4 Å². The van der Waals surface area contributed by atoms with Gasteiger partial charge in [-0.25, -0.2) is 0 Å². The molecule has 3 aliphatic heterocycles. The molecule has 0 aliphatic carbocycles. The van der Waals surface area contributed by atoms with E-state index in [-0.39, 0.29) is 47.1 Å². The molecule has 7 nitrogen and oxygen atoms in total. The molecule has 1 spiro atoms. The highest BCUT2D eigenvalue weighted by molar-refractivity contribution is 9.09. The molecule has 0 saturated carbocycles. The predicted molar refractivity (Wildman–Crippen MR) is 147 cm³/mol. The van der Waals surface area contributed by atoms with Crippen LogP contribution in [0.15, 0.2) is 25.3 Å². The zero-order chi connectivity index (χ0) is 26.5. The van der Waals surface area contributed by atoms with Crippen LogP contribution in [0.5, 0.6) is 0 Å². The molecule has 36 heavy (non-hydrogen) atoms. The summed E-state index contributed by atoms with van der Waals surface area (Å²) in [5.41, 5.74) is 0. The number of thioether (sulfide) groups is 1. The summed E-state index contributed by atoms with van der Waals surface area (Å²) in [7, 11) is 0. The number of likely N-dealkylation sites (tertiary alicyclic amines) is 1. The molecule has 3 aliphatic rings. The second-order valence-corrected chi connectivity index (χ2v) is 12.9. The maximum atomic E-state index is 14.3. The van der Waals surface area contributed by atoms with Crippen molar-refractivity contribution >= 4 is 45.5 Å². The number of hydrogen-bond donors (Lipinski definition) is 1. The van der Waals surface area contributed by atoms with Crippen LogP contribution >= 0.6 is 27.7 Å². The standard InChI is InChI=1S/C27H41BrN2O5S/c1-5-12-18(4)29(13-6-2)25(33)23-27-17-19(28)22(36-27)20(26(34)35-16-7-3)21(27)24(32)30(23)14-10-8-9-11-15-31/h6-7,18-23,31H,2-3,5,8-17H2,1,4H3/t18?,19?,20-,21+,22-,23?,27?/m1/s1. The third kappa shape index (κ3) is 5.44. The van der Waals surface area contributed by atoms with Crippen LogP contribution in [0.3, 0.4) is 0 Å². The molecule has 0 aromatic carbocycles. The molecule has 3 fully saturated rings. The minimum Gasteiger partial charge on any atom is -0.461 e. The van der Waals surface area contributed by atoms with Crippen LogP contribution in [-0.4, -0.2) is 85.9 Å². The summed E-state index contributed by atoms with van der Waals surface area (Å²) in [5, 5.41) is 9.00. The molecule has 0 radical (unpaired) electrons. The highest BCUT2D eigenvalue weighted by Crippen LogP contribution is 2.68. The van der Waals surface area contributed by atoms with Crippen LogP contribution in [-0.2, 0) is 19.1 Å². The molecular weight excluding hydrogens is 544 g/mol. The second kappa shape index (κ2) is 13.0. The first-order valence-corrected chi connectivity index (χ1v) is 15.0. The molecule has 202 valence electrons. The molecule has 1 N–H and O–H groups in total. The maximum absolute atomic E-state index is 14.3. The number of aliphatic hydroxyl groups excluding tert-OH is 1. The van der Waals surface area contributed by atoms with Gasteiger partial charge in [0.15, 0.2) is 0 Å². The van der Waals surface area contributed by atoms with Crippen molar-refractivity contribution in [3.63, 3.8) is 0 Å². The number of unbranched alkanes of at least 4 members (excludes halogenated alkanes) is 3. The summed E-state index contributed by atoms with van der Waals surface area (Å²) in [6.45, 7) is 12.8. The topological polar surface area (TPSA) is 87.2 Å². The van der Waals surface area contributed by atoms with Crippen molar-refractivity contribution in [3.8, 4) is 0 Å². The molecule has 2 amide bonds. The maximum Gasteiger partial charge on any atom is 0.311 e. The number of carbonyl (C=O) groups excluding carboxylic acids is 3. The van der Waals surface area contributed by atoms with E-state index in [1.807, 2.05) is 4.90 Å². The van der Waals surface area contributed by atoms with E-state index < -0.39 is 22.6 Å². The lowest BCUT2D eigenvalue weighted by atomic mass is 9.71. The number of amides is 2. The Morgan fingerprint density at radius 2 is 2.03 bits per heavy atom. The lowest BCUT2D eigenvalue weighted by Crippen LogP contribution is -2.57. The first kappa shape index (κ1) is 29.2. The summed E-state index contributed by atoms with van der Waals surface area (Å²) >= 11 is 5.42. The Kier molecular flexibility index (Phi) is 10.5. The Hall–Kier alpha value is -1.32. The molecule has 4 unspecified atom stereocenters. The fourth-order valence-corrected chi connectivity index (χ4v) is 9.86. The summed E-state index contributed by atoms with van der Waals surface area (Å²) in [5.74, 6) is -1.69. The summed E-state index contributed by atoms with van der Waals surface area (Å²) in [6, 6.07) is -0.603. The molecule has 3 rings (SSSR count). The van der Waals surface area contributed by atoms with Crippen LogP contribution < -0.4 is 0 Å². The van der Waals surface area contributed by atoms with Gasteiger partial charge in [-0.1, -0.05) is 60.8 Å². The third-order valence-electron chi connectivity index (χ3n) is 7.79. The largest absolute Gasteiger partial charge is 0.461 e. The Morgan fingerprint density at radius 1 is 1.31 bits per heavy atom. The zero-order valence-electron chi connectivity index (χ0n) is 21.6. The number of aliphatic hydroxyl groups is 1. The van der Waals surface area contributed by atoms with Crippen molar-refractivity contribution < 1.29 is 24.2 Å². The predicted octanol–water partition coefficient (Wildman–Crippen LogP) is 3.94. The minimum absolute atomic E-state index is 0.0218. The number of ether oxygens (including phenoxy) is 1. The Balaban J connectivity index is 1.98. The van der Waals surface area contributed by atoms with Gasteiger partial charge in [0.2, 0.25) is 11.8 Å². The molecule has 7 atom stereocenters. The van der Waals surface area contributed by atoms with Crippen LogP contribution in [0, 0.1) is 11.8 Å². The molecule has 2 bridgehead atoms. The average Bonchev–Trinajstić information content (AvgIpc) is 3.44. The number of halogens is 1. The van der Waals surface area contributed by atoms with Gasteiger partial charge in [-0.3, -0.25) is 14.4 Å². The SMILES string of the molecule is C=CCOC(=O)[C@H]1[C@@H]2SC3(CC2Br)C(C(=O)N(CC=C)C(C)CCC)N(CCCCCCO)C(=O)[C@H]13. The van der Waals surface area contributed by atoms with Gasteiger partial charge in [0.1, 0.15) is 12.6 Å². The summed E-state index contributed by atoms with van der Waals surface area (Å²) in [6.07, 6.45) is 8.97. The number of nitrogens with zero attached hydrogens (tertiary/aromatic N) is 2. The van der Waals surface area contributed by atoms with Gasteiger partial charge in [-0.2, -0.15) is 0 Å². The Morgan fingerprint density at radius 3 is 2.67 bits per heavy atom. The van der Waals surface area contributed by atoms with Gasteiger partial charge in [0.25, 0.3) is 0 Å². The summed E-state index contributed by atoms with van der Waals surface area (Å²) < 4.78 is 4.78. The van der Waals surface area contributed by atoms with Gasteiger partial charge in [-0.15, -0.1) is 18.3 Å². The van der Waals surface area contributed by atoms with Crippen molar-refractivity contribution in [2.75, 3.05) is 26.3 Å². The third-order valence-corrected chi connectivity index (χ3v) is 11.0. The van der Waals surface area contributed by atoms with Crippen molar-refractivity contribution in [2.45, 2.75) is 85.7 Å². The highest BCUT2D eigenvalue weighted by Gasteiger charge is 2.76. The number of alkyl halides is 1. The molecule has 9 heteroatoms.